The van der Waals surface area contributed by atoms with E-state index in [-0.39, 0.29) is 18.4 Å². The SMILES string of the molecule is CC(=O)Oc1cccc(C(=O)N2CCC(CNC(=O)COc3c(C)ccc(C)c3C)CC2)c1. The number of nitrogens with zero attached hydrogens (tertiary/aromatic N) is 1. The molecule has 1 aliphatic heterocycles. The third-order valence-electron chi connectivity index (χ3n) is 6.05. The Morgan fingerprint density at radius 2 is 1.73 bits per heavy atom. The predicted molar refractivity (Wildman–Crippen MR) is 126 cm³/mol. The average molecular weight is 453 g/mol. The molecule has 7 heteroatoms. The molecule has 176 valence electrons. The number of rotatable bonds is 7. The van der Waals surface area contributed by atoms with Crippen LogP contribution in [0.1, 0.15) is 46.8 Å². The number of likely N-dealkylation sites (tertiary alicyclic amines) is 1. The van der Waals surface area contributed by atoms with Crippen molar-refractivity contribution in [3.8, 4) is 11.5 Å². The molecule has 33 heavy (non-hydrogen) atoms. The second-order valence-electron chi connectivity index (χ2n) is 8.60. The molecule has 0 saturated carbocycles. The molecule has 7 nitrogen and oxygen atoms in total. The summed E-state index contributed by atoms with van der Waals surface area (Å²) in [6, 6.07) is 10.7. The molecule has 0 atom stereocenters. The highest BCUT2D eigenvalue weighted by molar-refractivity contribution is 5.94. The Labute approximate surface area is 195 Å². The number of hydrogen-bond acceptors (Lipinski definition) is 5. The van der Waals surface area contributed by atoms with Crippen LogP contribution in [-0.4, -0.2) is 48.9 Å². The molecule has 0 unspecified atom stereocenters. The van der Waals surface area contributed by atoms with Gasteiger partial charge >= 0.3 is 5.97 Å². The van der Waals surface area contributed by atoms with Gasteiger partial charge in [0.25, 0.3) is 11.8 Å². The first-order valence-corrected chi connectivity index (χ1v) is 11.3. The lowest BCUT2D eigenvalue weighted by atomic mass is 9.96. The van der Waals surface area contributed by atoms with Gasteiger partial charge in [-0.15, -0.1) is 0 Å². The summed E-state index contributed by atoms with van der Waals surface area (Å²) in [4.78, 5) is 38.1. The van der Waals surface area contributed by atoms with Crippen molar-refractivity contribution in [3.63, 3.8) is 0 Å². The normalized spacial score (nSPS) is 14.0. The van der Waals surface area contributed by atoms with Crippen LogP contribution in [0.5, 0.6) is 11.5 Å². The number of carbonyl (C=O) groups excluding carboxylic acids is 3. The van der Waals surface area contributed by atoms with E-state index < -0.39 is 5.97 Å². The highest BCUT2D eigenvalue weighted by Gasteiger charge is 2.24. The maximum atomic E-state index is 12.8. The van der Waals surface area contributed by atoms with Gasteiger partial charge in [0.2, 0.25) is 0 Å². The van der Waals surface area contributed by atoms with Gasteiger partial charge in [-0.1, -0.05) is 18.2 Å². The number of hydrogen-bond donors (Lipinski definition) is 1. The number of aryl methyl sites for hydroxylation is 2. The smallest absolute Gasteiger partial charge is 0.308 e. The summed E-state index contributed by atoms with van der Waals surface area (Å²) in [7, 11) is 0. The molecule has 0 aliphatic carbocycles. The molecular formula is C26H32N2O5. The van der Waals surface area contributed by atoms with Crippen molar-refractivity contribution in [2.24, 2.45) is 5.92 Å². The molecule has 3 rings (SSSR count). The zero-order valence-corrected chi connectivity index (χ0v) is 19.8. The topological polar surface area (TPSA) is 84.9 Å². The van der Waals surface area contributed by atoms with E-state index in [2.05, 4.69) is 5.32 Å². The highest BCUT2D eigenvalue weighted by atomic mass is 16.5. The van der Waals surface area contributed by atoms with Crippen LogP contribution in [0.4, 0.5) is 0 Å². The van der Waals surface area contributed by atoms with Crippen molar-refractivity contribution in [2.45, 2.75) is 40.5 Å². The Morgan fingerprint density at radius 1 is 1.03 bits per heavy atom. The van der Waals surface area contributed by atoms with Crippen molar-refractivity contribution in [3.05, 3.63) is 58.7 Å². The standard InChI is InChI=1S/C26H32N2O5/c1-17-8-9-18(2)25(19(17)3)32-16-24(30)27-15-21-10-12-28(13-11-21)26(31)22-6-5-7-23(14-22)33-20(4)29/h5-9,14,21H,10-13,15-16H2,1-4H3,(H,27,30). The Kier molecular flexibility index (Phi) is 8.09. The highest BCUT2D eigenvalue weighted by Crippen LogP contribution is 2.25. The minimum absolute atomic E-state index is 0.0128. The number of esters is 1. The van der Waals surface area contributed by atoms with Gasteiger partial charge in [-0.3, -0.25) is 14.4 Å². The Hall–Kier alpha value is -3.35. The van der Waals surface area contributed by atoms with E-state index in [1.807, 2.05) is 32.9 Å². The molecule has 0 radical (unpaired) electrons. The van der Waals surface area contributed by atoms with Crippen molar-refractivity contribution in [1.82, 2.24) is 10.2 Å². The molecule has 1 N–H and O–H groups in total. The summed E-state index contributed by atoms with van der Waals surface area (Å²) in [5.41, 5.74) is 3.70. The van der Waals surface area contributed by atoms with Crippen LogP contribution >= 0.6 is 0 Å². The van der Waals surface area contributed by atoms with Gasteiger partial charge in [-0.2, -0.15) is 0 Å². The zero-order valence-electron chi connectivity index (χ0n) is 19.8. The van der Waals surface area contributed by atoms with Gasteiger partial charge in [0, 0.05) is 32.1 Å². The van der Waals surface area contributed by atoms with Crippen molar-refractivity contribution in [2.75, 3.05) is 26.2 Å². The fourth-order valence-electron chi connectivity index (χ4n) is 3.98. The maximum absolute atomic E-state index is 12.8. The second-order valence-corrected chi connectivity index (χ2v) is 8.60. The van der Waals surface area contributed by atoms with Gasteiger partial charge < -0.3 is 19.7 Å². The summed E-state index contributed by atoms with van der Waals surface area (Å²) in [6.07, 6.45) is 1.62. The maximum Gasteiger partial charge on any atom is 0.308 e. The number of nitrogens with one attached hydrogen (secondary N) is 1. The van der Waals surface area contributed by atoms with Gasteiger partial charge in [0.05, 0.1) is 0 Å². The third-order valence-corrected chi connectivity index (χ3v) is 6.05. The molecule has 2 aromatic rings. The molecule has 0 spiro atoms. The van der Waals surface area contributed by atoms with Crippen LogP contribution in [-0.2, 0) is 9.59 Å². The molecule has 0 bridgehead atoms. The number of ether oxygens (including phenoxy) is 2. The quantitative estimate of drug-likeness (QED) is 0.513. The van der Waals surface area contributed by atoms with Crippen LogP contribution in [0.15, 0.2) is 36.4 Å². The van der Waals surface area contributed by atoms with Gasteiger partial charge in [0.1, 0.15) is 11.5 Å². The van der Waals surface area contributed by atoms with Crippen LogP contribution < -0.4 is 14.8 Å². The zero-order chi connectivity index (χ0) is 24.0. The summed E-state index contributed by atoms with van der Waals surface area (Å²) in [5.74, 6) is 0.809. The first-order chi connectivity index (χ1) is 15.7. The minimum Gasteiger partial charge on any atom is -0.483 e. The minimum atomic E-state index is -0.419. The van der Waals surface area contributed by atoms with Gasteiger partial charge in [-0.25, -0.2) is 0 Å². The molecule has 1 saturated heterocycles. The van der Waals surface area contributed by atoms with E-state index in [0.717, 1.165) is 35.3 Å². The van der Waals surface area contributed by atoms with Crippen LogP contribution in [0.3, 0.4) is 0 Å². The van der Waals surface area contributed by atoms with Crippen LogP contribution in [0, 0.1) is 26.7 Å². The Balaban J connectivity index is 1.43. The van der Waals surface area contributed by atoms with E-state index in [1.165, 1.54) is 6.92 Å². The summed E-state index contributed by atoms with van der Waals surface area (Å²) in [6.45, 7) is 9.12. The first-order valence-electron chi connectivity index (χ1n) is 11.3. The van der Waals surface area contributed by atoms with E-state index in [0.29, 0.717) is 36.9 Å². The fourth-order valence-corrected chi connectivity index (χ4v) is 3.98. The number of benzene rings is 2. The predicted octanol–water partition coefficient (Wildman–Crippen LogP) is 3.58. The van der Waals surface area contributed by atoms with Crippen molar-refractivity contribution < 1.29 is 23.9 Å². The molecule has 1 aliphatic rings. The molecular weight excluding hydrogens is 420 g/mol. The fraction of sp³-hybridized carbons (Fsp3) is 0.423. The van der Waals surface area contributed by atoms with Crippen LogP contribution in [0.2, 0.25) is 0 Å². The summed E-state index contributed by atoms with van der Waals surface area (Å²) < 4.78 is 10.9. The monoisotopic (exact) mass is 452 g/mol. The van der Waals surface area contributed by atoms with E-state index in [4.69, 9.17) is 9.47 Å². The third kappa shape index (κ3) is 6.57. The molecule has 2 aromatic carbocycles. The molecule has 1 heterocycles. The lowest BCUT2D eigenvalue weighted by Gasteiger charge is -2.32. The Bertz CT molecular complexity index is 1030. The van der Waals surface area contributed by atoms with Crippen LogP contribution in [0.25, 0.3) is 0 Å². The first kappa shape index (κ1) is 24.3. The Morgan fingerprint density at radius 3 is 2.42 bits per heavy atom. The summed E-state index contributed by atoms with van der Waals surface area (Å²) >= 11 is 0. The lowest BCUT2D eigenvalue weighted by molar-refractivity contribution is -0.131. The summed E-state index contributed by atoms with van der Waals surface area (Å²) in [5, 5.41) is 2.96. The molecule has 1 fully saturated rings. The van der Waals surface area contributed by atoms with Crippen molar-refractivity contribution in [1.29, 1.82) is 0 Å². The largest absolute Gasteiger partial charge is 0.483 e. The lowest BCUT2D eigenvalue weighted by Crippen LogP contribution is -2.42. The number of carbonyl (C=O) groups is 3. The van der Waals surface area contributed by atoms with Gasteiger partial charge in [-0.05, 0) is 74.4 Å². The molecule has 0 aromatic heterocycles. The average Bonchev–Trinajstić information content (AvgIpc) is 2.80. The van der Waals surface area contributed by atoms with E-state index in [9.17, 15) is 14.4 Å². The second kappa shape index (κ2) is 11.0. The van der Waals surface area contributed by atoms with Gasteiger partial charge in [0.15, 0.2) is 6.61 Å². The van der Waals surface area contributed by atoms with E-state index in [1.54, 1.807) is 29.2 Å². The van der Waals surface area contributed by atoms with E-state index >= 15 is 0 Å². The molecule has 2 amide bonds. The number of piperidine rings is 1. The van der Waals surface area contributed by atoms with Crippen molar-refractivity contribution >= 4 is 17.8 Å². The number of amides is 2.